The topological polar surface area (TPSA) is 75.6 Å². The summed E-state index contributed by atoms with van der Waals surface area (Å²) in [6, 6.07) is 0. The fraction of sp³-hybridized carbons (Fsp3) is 0.805. The standard InChI is InChI=1S/C41H67NO4/c1-12-14-16-27(3)25-28(4)42-41(11)24-19-30-29(31(41)15-13-2)17-18-33-39(30,9)22-20-32-38(7,8)34(21-23-40(32,33)10)46-35(43)26-37(5,6)36(44)45/h12,14,16,29-34,42H,4,13,15,17-26H2,1-3,5-11H3,(H,44,45)/b14-12-,27-16+. The minimum Gasteiger partial charge on any atom is -0.481 e. The molecule has 0 heterocycles. The van der Waals surface area contributed by atoms with Gasteiger partial charge >= 0.3 is 11.9 Å². The highest BCUT2D eigenvalue weighted by Gasteiger charge is 2.66. The summed E-state index contributed by atoms with van der Waals surface area (Å²) < 4.78 is 6.15. The van der Waals surface area contributed by atoms with Crippen LogP contribution in [-0.4, -0.2) is 28.7 Å². The zero-order valence-corrected chi connectivity index (χ0v) is 31.1. The Balaban J connectivity index is 1.52. The highest BCUT2D eigenvalue weighted by atomic mass is 16.5. The van der Waals surface area contributed by atoms with E-state index in [1.165, 1.54) is 56.9 Å². The van der Waals surface area contributed by atoms with Crippen molar-refractivity contribution in [3.8, 4) is 0 Å². The minimum absolute atomic E-state index is 0.0819. The number of allylic oxidation sites excluding steroid dienone is 4. The zero-order chi connectivity index (χ0) is 34.3. The van der Waals surface area contributed by atoms with E-state index in [1.54, 1.807) is 13.8 Å². The van der Waals surface area contributed by atoms with E-state index in [4.69, 9.17) is 4.74 Å². The largest absolute Gasteiger partial charge is 0.481 e. The molecule has 0 spiro atoms. The first-order valence-electron chi connectivity index (χ1n) is 18.5. The number of fused-ring (bicyclic) bond motifs is 5. The molecule has 0 saturated heterocycles. The Kier molecular flexibility index (Phi) is 10.8. The van der Waals surface area contributed by atoms with Crippen LogP contribution in [-0.2, 0) is 14.3 Å². The van der Waals surface area contributed by atoms with E-state index in [-0.39, 0.29) is 34.9 Å². The molecular weight excluding hydrogens is 570 g/mol. The highest BCUT2D eigenvalue weighted by Crippen LogP contribution is 2.71. The molecular formula is C41H67NO4. The van der Waals surface area contributed by atoms with Crippen molar-refractivity contribution in [3.05, 3.63) is 36.1 Å². The summed E-state index contributed by atoms with van der Waals surface area (Å²) in [4.78, 5) is 24.7. The molecule has 46 heavy (non-hydrogen) atoms. The summed E-state index contributed by atoms with van der Waals surface area (Å²) in [6.45, 7) is 26.7. The highest BCUT2D eigenvalue weighted by molar-refractivity contribution is 5.81. The van der Waals surface area contributed by atoms with Gasteiger partial charge in [0.2, 0.25) is 0 Å². The molecule has 5 heteroatoms. The molecule has 0 radical (unpaired) electrons. The van der Waals surface area contributed by atoms with Gasteiger partial charge in [-0.15, -0.1) is 0 Å². The number of carboxylic acid groups (broad SMARTS) is 1. The smallest absolute Gasteiger partial charge is 0.309 e. The van der Waals surface area contributed by atoms with Crippen LogP contribution in [0.2, 0.25) is 0 Å². The van der Waals surface area contributed by atoms with Crippen LogP contribution in [0.4, 0.5) is 0 Å². The van der Waals surface area contributed by atoms with Gasteiger partial charge in [-0.25, -0.2) is 0 Å². The molecule has 4 fully saturated rings. The molecule has 0 amide bonds. The predicted molar refractivity (Wildman–Crippen MR) is 189 cm³/mol. The van der Waals surface area contributed by atoms with Gasteiger partial charge in [0.15, 0.2) is 0 Å². The fourth-order valence-electron chi connectivity index (χ4n) is 11.8. The second-order valence-corrected chi connectivity index (χ2v) is 18.0. The zero-order valence-electron chi connectivity index (χ0n) is 31.1. The molecule has 9 unspecified atom stereocenters. The summed E-state index contributed by atoms with van der Waals surface area (Å²) in [5, 5.41) is 13.6. The molecule has 5 nitrogen and oxygen atoms in total. The van der Waals surface area contributed by atoms with Gasteiger partial charge in [0, 0.05) is 23.1 Å². The number of carbonyl (C=O) groups excluding carboxylic acids is 1. The summed E-state index contributed by atoms with van der Waals surface area (Å²) in [5.41, 5.74) is 1.86. The van der Waals surface area contributed by atoms with Crippen molar-refractivity contribution in [2.24, 2.45) is 51.2 Å². The van der Waals surface area contributed by atoms with Crippen LogP contribution in [0.15, 0.2) is 36.1 Å². The second-order valence-electron chi connectivity index (χ2n) is 18.0. The Morgan fingerprint density at radius 1 is 0.978 bits per heavy atom. The van der Waals surface area contributed by atoms with Crippen LogP contribution in [0, 0.1) is 51.2 Å². The molecule has 4 rings (SSSR count). The lowest BCUT2D eigenvalue weighted by Gasteiger charge is -2.69. The normalized spacial score (nSPS) is 39.1. The number of carbonyl (C=O) groups is 2. The number of carboxylic acids is 1. The number of nitrogens with one attached hydrogen (secondary N) is 1. The quantitative estimate of drug-likeness (QED) is 0.174. The van der Waals surface area contributed by atoms with Gasteiger partial charge in [0.05, 0.1) is 11.8 Å². The number of esters is 1. The molecule has 4 saturated carbocycles. The summed E-state index contributed by atoms with van der Waals surface area (Å²) >= 11 is 0. The van der Waals surface area contributed by atoms with Crippen molar-refractivity contribution < 1.29 is 19.4 Å². The Bertz CT molecular complexity index is 1210. The average Bonchev–Trinajstić information content (AvgIpc) is 2.94. The van der Waals surface area contributed by atoms with E-state index < -0.39 is 11.4 Å². The third kappa shape index (κ3) is 6.77. The number of rotatable bonds is 11. The van der Waals surface area contributed by atoms with Gasteiger partial charge in [-0.05, 0) is 133 Å². The molecule has 0 aromatic rings. The van der Waals surface area contributed by atoms with E-state index in [9.17, 15) is 14.7 Å². The van der Waals surface area contributed by atoms with E-state index in [0.29, 0.717) is 23.2 Å². The molecule has 0 aromatic heterocycles. The van der Waals surface area contributed by atoms with Gasteiger partial charge in [-0.2, -0.15) is 0 Å². The van der Waals surface area contributed by atoms with Crippen LogP contribution in [0.3, 0.4) is 0 Å². The summed E-state index contributed by atoms with van der Waals surface area (Å²) in [5.74, 6) is 1.97. The molecule has 0 aliphatic heterocycles. The maximum atomic E-state index is 13.0. The van der Waals surface area contributed by atoms with Crippen molar-refractivity contribution in [2.75, 3.05) is 0 Å². The van der Waals surface area contributed by atoms with Crippen molar-refractivity contribution in [1.29, 1.82) is 0 Å². The molecule has 4 aliphatic carbocycles. The minimum atomic E-state index is -1.12. The Morgan fingerprint density at radius 3 is 2.28 bits per heavy atom. The summed E-state index contributed by atoms with van der Waals surface area (Å²) in [6.07, 6.45) is 19.0. The molecule has 260 valence electrons. The van der Waals surface area contributed by atoms with Gasteiger partial charge in [-0.3, -0.25) is 9.59 Å². The molecule has 9 atom stereocenters. The monoisotopic (exact) mass is 638 g/mol. The van der Waals surface area contributed by atoms with Gasteiger partial charge < -0.3 is 15.2 Å². The maximum Gasteiger partial charge on any atom is 0.309 e. The lowest BCUT2D eigenvalue weighted by molar-refractivity contribution is -0.220. The van der Waals surface area contributed by atoms with E-state index in [0.717, 1.165) is 36.8 Å². The van der Waals surface area contributed by atoms with Crippen LogP contribution < -0.4 is 5.32 Å². The number of hydrogen-bond acceptors (Lipinski definition) is 4. The van der Waals surface area contributed by atoms with Crippen LogP contribution in [0.25, 0.3) is 0 Å². The van der Waals surface area contributed by atoms with E-state index >= 15 is 0 Å². The van der Waals surface area contributed by atoms with Crippen molar-refractivity contribution in [3.63, 3.8) is 0 Å². The second kappa shape index (κ2) is 13.5. The maximum absolute atomic E-state index is 13.0. The number of ether oxygens (including phenoxy) is 1. The molecule has 4 aliphatic rings. The van der Waals surface area contributed by atoms with Gasteiger partial charge in [0.1, 0.15) is 6.10 Å². The first-order valence-corrected chi connectivity index (χ1v) is 18.5. The third-order valence-corrected chi connectivity index (χ3v) is 14.1. The van der Waals surface area contributed by atoms with Crippen LogP contribution in [0.1, 0.15) is 146 Å². The predicted octanol–water partition coefficient (Wildman–Crippen LogP) is 10.3. The van der Waals surface area contributed by atoms with E-state index in [2.05, 4.69) is 85.5 Å². The van der Waals surface area contributed by atoms with Crippen molar-refractivity contribution >= 4 is 11.9 Å². The SMILES string of the molecule is C=C(C/C(C)=C/C=C\C)NC1(C)CCC2C(CCC3C2(C)CCC2C(C)(C)C(OC(=O)CC(C)(C)C(=O)O)CCC23C)C1CCC. The van der Waals surface area contributed by atoms with Crippen LogP contribution >= 0.6 is 0 Å². The van der Waals surface area contributed by atoms with Crippen LogP contribution in [0.5, 0.6) is 0 Å². The molecule has 0 bridgehead atoms. The molecule has 0 aromatic carbocycles. The Hall–Kier alpha value is -2.04. The molecule has 2 N–H and O–H groups in total. The lowest BCUT2D eigenvalue weighted by Crippen LogP contribution is -2.65. The number of aliphatic carboxylic acids is 1. The fourth-order valence-corrected chi connectivity index (χ4v) is 11.8. The lowest BCUT2D eigenvalue weighted by atomic mass is 9.36. The Labute approximate surface area is 281 Å². The van der Waals surface area contributed by atoms with Gasteiger partial charge in [-0.1, -0.05) is 71.4 Å². The number of hydrogen-bond donors (Lipinski definition) is 2. The first kappa shape index (κ1) is 36.8. The van der Waals surface area contributed by atoms with Crippen molar-refractivity contribution in [1.82, 2.24) is 5.32 Å². The average molecular weight is 638 g/mol. The summed E-state index contributed by atoms with van der Waals surface area (Å²) in [7, 11) is 0. The van der Waals surface area contributed by atoms with Gasteiger partial charge in [0.25, 0.3) is 0 Å². The van der Waals surface area contributed by atoms with Crippen molar-refractivity contribution in [2.45, 2.75) is 158 Å². The third-order valence-electron chi connectivity index (χ3n) is 14.1. The first-order chi connectivity index (χ1) is 21.4. The Morgan fingerprint density at radius 2 is 1.65 bits per heavy atom. The van der Waals surface area contributed by atoms with E-state index in [1.807, 2.05) is 0 Å².